The molecule has 3 heteroatoms. The molecule has 1 atom stereocenters. The van der Waals surface area contributed by atoms with E-state index in [2.05, 4.69) is 19.2 Å². The lowest BCUT2D eigenvalue weighted by atomic mass is 9.97. The first-order chi connectivity index (χ1) is 8.25. The Hall–Kier alpha value is -0.180. The molecule has 0 saturated heterocycles. The molecule has 0 radical (unpaired) electrons. The zero-order valence-corrected chi connectivity index (χ0v) is 12.1. The monoisotopic (exact) mass is 254 g/mol. The third-order valence-corrected chi connectivity index (χ3v) is 4.88. The van der Waals surface area contributed by atoms with Crippen molar-refractivity contribution < 1.29 is 0 Å². The second-order valence-corrected chi connectivity index (χ2v) is 6.75. The van der Waals surface area contributed by atoms with Crippen molar-refractivity contribution >= 4 is 16.9 Å². The van der Waals surface area contributed by atoms with Gasteiger partial charge in [0.1, 0.15) is 0 Å². The van der Waals surface area contributed by atoms with Gasteiger partial charge in [-0.2, -0.15) is 0 Å². The molecule has 1 saturated carbocycles. The second-order valence-electron chi connectivity index (χ2n) is 5.74. The Kier molecular flexibility index (Phi) is 5.20. The highest BCUT2D eigenvalue weighted by Gasteiger charge is 2.22. The van der Waals surface area contributed by atoms with Crippen LogP contribution in [0.3, 0.4) is 0 Å². The molecule has 0 aromatic heterocycles. The Morgan fingerprint density at radius 1 is 1.12 bits per heavy atom. The predicted octanol–water partition coefficient (Wildman–Crippen LogP) is 3.82. The van der Waals surface area contributed by atoms with E-state index in [9.17, 15) is 0 Å². The summed E-state index contributed by atoms with van der Waals surface area (Å²) in [6.07, 6.45) is 9.75. The minimum absolute atomic E-state index is 0.538. The summed E-state index contributed by atoms with van der Waals surface area (Å²) in [5, 5.41) is 4.90. The van der Waals surface area contributed by atoms with Crippen LogP contribution in [-0.2, 0) is 0 Å². The summed E-state index contributed by atoms with van der Waals surface area (Å²) in [4.78, 5) is 4.80. The summed E-state index contributed by atoms with van der Waals surface area (Å²) >= 11 is 1.92. The number of hydrogen-bond donors (Lipinski definition) is 1. The van der Waals surface area contributed by atoms with E-state index in [1.54, 1.807) is 0 Å². The molecular weight excluding hydrogens is 228 g/mol. The van der Waals surface area contributed by atoms with Crippen LogP contribution in [0.15, 0.2) is 4.99 Å². The van der Waals surface area contributed by atoms with Gasteiger partial charge in [0.25, 0.3) is 0 Å². The van der Waals surface area contributed by atoms with E-state index in [1.165, 1.54) is 55.9 Å². The zero-order chi connectivity index (χ0) is 12.1. The van der Waals surface area contributed by atoms with Gasteiger partial charge in [-0.1, -0.05) is 57.7 Å². The maximum atomic E-state index is 4.80. The van der Waals surface area contributed by atoms with Crippen LogP contribution in [0.1, 0.15) is 58.8 Å². The molecule has 0 aromatic rings. The van der Waals surface area contributed by atoms with Gasteiger partial charge in [-0.05, 0) is 18.8 Å². The molecule has 0 aromatic carbocycles. The largest absolute Gasteiger partial charge is 0.362 e. The van der Waals surface area contributed by atoms with E-state index in [0.717, 1.165) is 0 Å². The molecule has 2 nitrogen and oxygen atoms in total. The molecule has 1 N–H and O–H groups in total. The fourth-order valence-electron chi connectivity index (χ4n) is 2.59. The Labute approximate surface area is 110 Å². The van der Waals surface area contributed by atoms with Crippen LogP contribution in [0.2, 0.25) is 0 Å². The SMILES string of the molecule is CC(C)[C@H]1CSC(NC2CCCCCCC2)=N1. The number of aliphatic imine (C=N–C) groups is 1. The van der Waals surface area contributed by atoms with E-state index < -0.39 is 0 Å². The van der Waals surface area contributed by atoms with Crippen LogP contribution in [0.5, 0.6) is 0 Å². The van der Waals surface area contributed by atoms with Crippen molar-refractivity contribution in [1.29, 1.82) is 0 Å². The summed E-state index contributed by atoms with van der Waals surface area (Å²) in [7, 11) is 0. The summed E-state index contributed by atoms with van der Waals surface area (Å²) < 4.78 is 0. The lowest BCUT2D eigenvalue weighted by Gasteiger charge is -2.21. The first kappa shape index (κ1) is 13.3. The van der Waals surface area contributed by atoms with Crippen LogP contribution in [0.25, 0.3) is 0 Å². The van der Waals surface area contributed by atoms with Crippen LogP contribution in [0.4, 0.5) is 0 Å². The van der Waals surface area contributed by atoms with E-state index in [0.29, 0.717) is 18.0 Å². The zero-order valence-electron chi connectivity index (χ0n) is 11.2. The molecule has 1 aliphatic heterocycles. The van der Waals surface area contributed by atoms with E-state index >= 15 is 0 Å². The van der Waals surface area contributed by atoms with Crippen molar-refractivity contribution in [2.75, 3.05) is 5.75 Å². The van der Waals surface area contributed by atoms with Gasteiger partial charge >= 0.3 is 0 Å². The van der Waals surface area contributed by atoms with Gasteiger partial charge in [0.15, 0.2) is 5.17 Å². The summed E-state index contributed by atoms with van der Waals surface area (Å²) in [5.41, 5.74) is 0. The molecule has 0 amide bonds. The maximum absolute atomic E-state index is 4.80. The standard InChI is InChI=1S/C14H26N2S/c1-11(2)13-10-17-14(16-13)15-12-8-6-4-3-5-7-9-12/h11-13H,3-10H2,1-2H3,(H,15,16)/t13-/m1/s1. The Morgan fingerprint density at radius 3 is 2.35 bits per heavy atom. The molecule has 1 aliphatic carbocycles. The lowest BCUT2D eigenvalue weighted by molar-refractivity contribution is 0.429. The molecule has 98 valence electrons. The first-order valence-corrected chi connectivity index (χ1v) is 8.21. The lowest BCUT2D eigenvalue weighted by Crippen LogP contribution is -2.33. The van der Waals surface area contributed by atoms with E-state index in [-0.39, 0.29) is 0 Å². The third-order valence-electron chi connectivity index (χ3n) is 3.88. The molecule has 0 spiro atoms. The smallest absolute Gasteiger partial charge is 0.157 e. The number of thioether (sulfide) groups is 1. The summed E-state index contributed by atoms with van der Waals surface area (Å²) in [6, 6.07) is 1.23. The fourth-order valence-corrected chi connectivity index (χ4v) is 3.83. The first-order valence-electron chi connectivity index (χ1n) is 7.23. The van der Waals surface area contributed by atoms with Crippen molar-refractivity contribution in [2.45, 2.75) is 70.9 Å². The molecule has 1 heterocycles. The maximum Gasteiger partial charge on any atom is 0.157 e. The van der Waals surface area contributed by atoms with Crippen molar-refractivity contribution in [1.82, 2.24) is 5.32 Å². The molecule has 17 heavy (non-hydrogen) atoms. The second kappa shape index (κ2) is 6.67. The molecule has 1 fully saturated rings. The van der Waals surface area contributed by atoms with Gasteiger partial charge in [0.2, 0.25) is 0 Å². The van der Waals surface area contributed by atoms with Crippen molar-refractivity contribution in [3.8, 4) is 0 Å². The molecule has 0 bridgehead atoms. The third kappa shape index (κ3) is 4.20. The number of nitrogens with zero attached hydrogens (tertiary/aromatic N) is 1. The minimum atomic E-state index is 0.538. The highest BCUT2D eigenvalue weighted by molar-refractivity contribution is 8.14. The van der Waals surface area contributed by atoms with Crippen LogP contribution < -0.4 is 5.32 Å². The van der Waals surface area contributed by atoms with Gasteiger partial charge in [-0.25, -0.2) is 0 Å². The van der Waals surface area contributed by atoms with E-state index in [1.807, 2.05) is 11.8 Å². The summed E-state index contributed by atoms with van der Waals surface area (Å²) in [5.74, 6) is 1.85. The minimum Gasteiger partial charge on any atom is -0.362 e. The van der Waals surface area contributed by atoms with Gasteiger partial charge < -0.3 is 5.32 Å². The highest BCUT2D eigenvalue weighted by Crippen LogP contribution is 2.24. The van der Waals surface area contributed by atoms with Crippen molar-refractivity contribution in [2.24, 2.45) is 10.9 Å². The van der Waals surface area contributed by atoms with Crippen LogP contribution in [0, 0.1) is 5.92 Å². The molecular formula is C14H26N2S. The molecule has 2 rings (SSSR count). The Balaban J connectivity index is 1.81. The topological polar surface area (TPSA) is 24.4 Å². The number of hydrogen-bond acceptors (Lipinski definition) is 3. The van der Waals surface area contributed by atoms with Gasteiger partial charge in [0, 0.05) is 11.8 Å². The Bertz CT molecular complexity index is 255. The van der Waals surface area contributed by atoms with Gasteiger partial charge in [-0.3, -0.25) is 4.99 Å². The van der Waals surface area contributed by atoms with Gasteiger partial charge in [0.05, 0.1) is 6.04 Å². The molecule has 0 unspecified atom stereocenters. The quantitative estimate of drug-likeness (QED) is 0.810. The van der Waals surface area contributed by atoms with Gasteiger partial charge in [-0.15, -0.1) is 0 Å². The predicted molar refractivity (Wildman–Crippen MR) is 77.8 cm³/mol. The molecule has 2 aliphatic rings. The number of nitrogens with one attached hydrogen (secondary N) is 1. The van der Waals surface area contributed by atoms with Crippen LogP contribution in [-0.4, -0.2) is 23.0 Å². The van der Waals surface area contributed by atoms with Crippen LogP contribution >= 0.6 is 11.8 Å². The Morgan fingerprint density at radius 2 is 1.76 bits per heavy atom. The normalized spacial score (nSPS) is 27.7. The number of rotatable bonds is 2. The van der Waals surface area contributed by atoms with Crippen molar-refractivity contribution in [3.05, 3.63) is 0 Å². The summed E-state index contributed by atoms with van der Waals surface area (Å²) in [6.45, 7) is 4.54. The highest BCUT2D eigenvalue weighted by atomic mass is 32.2. The average molecular weight is 254 g/mol. The van der Waals surface area contributed by atoms with E-state index in [4.69, 9.17) is 4.99 Å². The van der Waals surface area contributed by atoms with Crippen molar-refractivity contribution in [3.63, 3.8) is 0 Å². The fraction of sp³-hybridized carbons (Fsp3) is 0.929. The average Bonchev–Trinajstić information content (AvgIpc) is 2.70. The number of amidine groups is 1.